The van der Waals surface area contributed by atoms with Crippen LogP contribution >= 0.6 is 11.6 Å². The Balaban J connectivity index is 2.38. The molecule has 0 saturated carbocycles. The van der Waals surface area contributed by atoms with Gasteiger partial charge in [-0.25, -0.2) is 12.8 Å². The molecular weight excluding hydrogens is 303 g/mol. The van der Waals surface area contributed by atoms with Gasteiger partial charge in [0.2, 0.25) is 10.0 Å². The summed E-state index contributed by atoms with van der Waals surface area (Å²) in [4.78, 5) is -0.189. The van der Waals surface area contributed by atoms with Gasteiger partial charge >= 0.3 is 0 Å². The van der Waals surface area contributed by atoms with Crippen molar-refractivity contribution >= 4 is 21.6 Å². The molecule has 2 N–H and O–H groups in total. The zero-order valence-electron chi connectivity index (χ0n) is 11.4. The van der Waals surface area contributed by atoms with E-state index < -0.39 is 15.8 Å². The molecule has 0 spiro atoms. The Morgan fingerprint density at radius 1 is 1.45 bits per heavy atom. The van der Waals surface area contributed by atoms with Crippen molar-refractivity contribution in [1.82, 2.24) is 4.31 Å². The Morgan fingerprint density at radius 2 is 2.10 bits per heavy atom. The van der Waals surface area contributed by atoms with Crippen LogP contribution < -0.4 is 5.73 Å². The zero-order valence-corrected chi connectivity index (χ0v) is 13.0. The summed E-state index contributed by atoms with van der Waals surface area (Å²) >= 11 is 5.90. The molecule has 1 aromatic rings. The van der Waals surface area contributed by atoms with Crippen molar-refractivity contribution in [3.8, 4) is 0 Å². The zero-order chi connectivity index (χ0) is 15.1. The highest BCUT2D eigenvalue weighted by atomic mass is 35.5. The monoisotopic (exact) mass is 320 g/mol. The molecule has 1 atom stereocenters. The topological polar surface area (TPSA) is 63.4 Å². The molecule has 112 valence electrons. The van der Waals surface area contributed by atoms with E-state index in [9.17, 15) is 12.8 Å². The van der Waals surface area contributed by atoms with Crippen molar-refractivity contribution in [2.24, 2.45) is 11.1 Å². The van der Waals surface area contributed by atoms with Crippen LogP contribution in [0.3, 0.4) is 0 Å². The van der Waals surface area contributed by atoms with E-state index in [-0.39, 0.29) is 21.4 Å². The van der Waals surface area contributed by atoms with Gasteiger partial charge in [0.1, 0.15) is 10.7 Å². The molecule has 1 heterocycles. The van der Waals surface area contributed by atoms with Crippen molar-refractivity contribution in [3.05, 3.63) is 29.0 Å². The number of hydrogen-bond acceptors (Lipinski definition) is 3. The van der Waals surface area contributed by atoms with Gasteiger partial charge in [0.25, 0.3) is 0 Å². The van der Waals surface area contributed by atoms with Crippen LogP contribution in [0.1, 0.15) is 20.3 Å². The number of benzene rings is 1. The molecule has 0 aliphatic carbocycles. The average Bonchev–Trinajstić information content (AvgIpc) is 2.35. The second-order valence-electron chi connectivity index (χ2n) is 5.80. The molecule has 1 aromatic carbocycles. The lowest BCUT2D eigenvalue weighted by molar-refractivity contribution is 0.155. The van der Waals surface area contributed by atoms with E-state index in [1.165, 1.54) is 10.4 Å². The molecule has 1 fully saturated rings. The lowest BCUT2D eigenvalue weighted by atomic mass is 9.81. The number of piperidine rings is 1. The SMILES string of the molecule is CC1(C)CN(S(=O)(=O)c2cc(F)ccc2Cl)CCC1N. The summed E-state index contributed by atoms with van der Waals surface area (Å²) in [5.74, 6) is -0.624. The largest absolute Gasteiger partial charge is 0.327 e. The van der Waals surface area contributed by atoms with E-state index in [1.54, 1.807) is 0 Å². The van der Waals surface area contributed by atoms with Crippen LogP contribution in [-0.4, -0.2) is 31.9 Å². The van der Waals surface area contributed by atoms with Gasteiger partial charge in [-0.2, -0.15) is 4.31 Å². The lowest BCUT2D eigenvalue weighted by Gasteiger charge is -2.41. The van der Waals surface area contributed by atoms with E-state index in [0.29, 0.717) is 19.5 Å². The Labute approximate surface area is 123 Å². The highest BCUT2D eigenvalue weighted by Crippen LogP contribution is 2.33. The molecule has 0 bridgehead atoms. The highest BCUT2D eigenvalue weighted by molar-refractivity contribution is 7.89. The van der Waals surface area contributed by atoms with E-state index in [4.69, 9.17) is 17.3 Å². The average molecular weight is 321 g/mol. The van der Waals surface area contributed by atoms with Crippen molar-refractivity contribution in [1.29, 1.82) is 0 Å². The predicted octanol–water partition coefficient (Wildman–Crippen LogP) is 2.23. The molecule has 7 heteroatoms. The maximum Gasteiger partial charge on any atom is 0.244 e. The fourth-order valence-corrected chi connectivity index (χ4v) is 4.46. The van der Waals surface area contributed by atoms with Crippen LogP contribution in [0.25, 0.3) is 0 Å². The molecule has 1 aliphatic rings. The minimum atomic E-state index is -3.80. The minimum Gasteiger partial charge on any atom is -0.327 e. The van der Waals surface area contributed by atoms with Gasteiger partial charge in [0.15, 0.2) is 0 Å². The standard InChI is InChI=1S/C13H18ClFN2O2S/c1-13(2)8-17(6-5-12(13)16)20(18,19)11-7-9(15)3-4-10(11)14/h3-4,7,12H,5-6,8,16H2,1-2H3. The van der Waals surface area contributed by atoms with Gasteiger partial charge in [-0.3, -0.25) is 0 Å². The van der Waals surface area contributed by atoms with E-state index >= 15 is 0 Å². The lowest BCUT2D eigenvalue weighted by Crippen LogP contribution is -2.53. The molecule has 1 saturated heterocycles. The van der Waals surface area contributed by atoms with Gasteiger partial charge in [0, 0.05) is 19.1 Å². The van der Waals surface area contributed by atoms with Gasteiger partial charge in [-0.15, -0.1) is 0 Å². The third-order valence-corrected chi connectivity index (χ3v) is 6.11. The maximum atomic E-state index is 13.3. The summed E-state index contributed by atoms with van der Waals surface area (Å²) in [6, 6.07) is 3.29. The summed E-state index contributed by atoms with van der Waals surface area (Å²) in [6.07, 6.45) is 0.569. The van der Waals surface area contributed by atoms with Crippen molar-refractivity contribution in [2.75, 3.05) is 13.1 Å². The molecule has 4 nitrogen and oxygen atoms in total. The number of nitrogens with two attached hydrogens (primary N) is 1. The fourth-order valence-electron chi connectivity index (χ4n) is 2.34. The van der Waals surface area contributed by atoms with Gasteiger partial charge in [-0.05, 0) is 30.0 Å². The van der Waals surface area contributed by atoms with E-state index in [1.807, 2.05) is 13.8 Å². The molecule has 2 rings (SSSR count). The summed E-state index contributed by atoms with van der Waals surface area (Å²) in [7, 11) is -3.80. The molecule has 0 amide bonds. The Kier molecular flexibility index (Phi) is 4.12. The van der Waals surface area contributed by atoms with E-state index in [2.05, 4.69) is 0 Å². The third-order valence-electron chi connectivity index (χ3n) is 3.79. The molecule has 20 heavy (non-hydrogen) atoms. The molecule has 0 radical (unpaired) electrons. The van der Waals surface area contributed by atoms with Gasteiger partial charge in [0.05, 0.1) is 5.02 Å². The van der Waals surface area contributed by atoms with E-state index in [0.717, 1.165) is 12.1 Å². The normalized spacial score (nSPS) is 23.8. The fraction of sp³-hybridized carbons (Fsp3) is 0.538. The van der Waals surface area contributed by atoms with Crippen molar-refractivity contribution in [2.45, 2.75) is 31.2 Å². The smallest absolute Gasteiger partial charge is 0.244 e. The van der Waals surface area contributed by atoms with Crippen LogP contribution in [0.4, 0.5) is 4.39 Å². The Bertz CT molecular complexity index is 619. The molecular formula is C13H18ClFN2O2S. The number of sulfonamides is 1. The van der Waals surface area contributed by atoms with Crippen molar-refractivity contribution < 1.29 is 12.8 Å². The first kappa shape index (κ1) is 15.7. The summed E-state index contributed by atoms with van der Waals surface area (Å²) in [5, 5.41) is 0.0269. The van der Waals surface area contributed by atoms with Crippen LogP contribution in [0.2, 0.25) is 5.02 Å². The summed E-state index contributed by atoms with van der Waals surface area (Å²) in [6.45, 7) is 4.46. The highest BCUT2D eigenvalue weighted by Gasteiger charge is 2.39. The Morgan fingerprint density at radius 3 is 2.70 bits per heavy atom. The second-order valence-corrected chi connectivity index (χ2v) is 8.11. The predicted molar refractivity (Wildman–Crippen MR) is 76.5 cm³/mol. The third kappa shape index (κ3) is 2.83. The summed E-state index contributed by atoms with van der Waals surface area (Å²) < 4.78 is 39.8. The number of halogens is 2. The first-order valence-electron chi connectivity index (χ1n) is 6.35. The quantitative estimate of drug-likeness (QED) is 0.909. The summed E-state index contributed by atoms with van der Waals surface area (Å²) in [5.41, 5.74) is 5.67. The minimum absolute atomic E-state index is 0.0269. The number of rotatable bonds is 2. The molecule has 1 unspecified atom stereocenters. The van der Waals surface area contributed by atoms with Crippen LogP contribution in [0, 0.1) is 11.2 Å². The van der Waals surface area contributed by atoms with Gasteiger partial charge < -0.3 is 5.73 Å². The molecule has 1 aliphatic heterocycles. The maximum absolute atomic E-state index is 13.3. The van der Waals surface area contributed by atoms with Crippen LogP contribution in [0.15, 0.2) is 23.1 Å². The number of nitrogens with zero attached hydrogens (tertiary/aromatic N) is 1. The van der Waals surface area contributed by atoms with Gasteiger partial charge in [-0.1, -0.05) is 25.4 Å². The molecule has 0 aromatic heterocycles. The van der Waals surface area contributed by atoms with Crippen molar-refractivity contribution in [3.63, 3.8) is 0 Å². The first-order valence-corrected chi connectivity index (χ1v) is 8.17. The first-order chi connectivity index (χ1) is 9.14. The van der Waals surface area contributed by atoms with Crippen LogP contribution in [-0.2, 0) is 10.0 Å². The van der Waals surface area contributed by atoms with Crippen LogP contribution in [0.5, 0.6) is 0 Å². The second kappa shape index (κ2) is 5.26. The Hall–Kier alpha value is -0.690. The number of hydrogen-bond donors (Lipinski definition) is 1.